The normalized spacial score (nSPS) is 6.21. The smallest absolute Gasteiger partial charge is 0.330 e. The fraction of sp³-hybridized carbons (Fsp3) is 0.222. The van der Waals surface area contributed by atoms with Crippen LogP contribution in [0.4, 0.5) is 0 Å². The van der Waals surface area contributed by atoms with Gasteiger partial charge in [0.05, 0.1) is 6.61 Å². The van der Waals surface area contributed by atoms with E-state index in [4.69, 9.17) is 10.4 Å². The van der Waals surface area contributed by atoms with Gasteiger partial charge >= 0.3 is 11.9 Å². The van der Waals surface area contributed by atoms with E-state index >= 15 is 0 Å². The van der Waals surface area contributed by atoms with Crippen molar-refractivity contribution < 1.29 is 19.4 Å². The monoisotopic (exact) mass is 199 g/mol. The van der Waals surface area contributed by atoms with Gasteiger partial charge in [0, 0.05) is 18.7 Å². The van der Waals surface area contributed by atoms with Gasteiger partial charge in [-0.2, -0.15) is 0 Å². The number of carboxylic acid groups (broad SMARTS) is 1. The Balaban J connectivity index is -0.000000152. The van der Waals surface area contributed by atoms with Crippen molar-refractivity contribution in [3.63, 3.8) is 0 Å². The van der Waals surface area contributed by atoms with E-state index < -0.39 is 5.97 Å². The first-order valence-corrected chi connectivity index (χ1v) is 3.48. The quantitative estimate of drug-likeness (QED) is 0.543. The van der Waals surface area contributed by atoms with E-state index in [0.29, 0.717) is 6.61 Å². The molecule has 0 aliphatic heterocycles. The van der Waals surface area contributed by atoms with Crippen LogP contribution < -0.4 is 0 Å². The van der Waals surface area contributed by atoms with Crippen LogP contribution in [0.25, 0.3) is 0 Å². The van der Waals surface area contributed by atoms with E-state index in [9.17, 15) is 9.59 Å². The summed E-state index contributed by atoms with van der Waals surface area (Å²) < 4.78 is 4.43. The average Bonchev–Trinajstić information content (AvgIpc) is 2.22. The van der Waals surface area contributed by atoms with Gasteiger partial charge in [0.15, 0.2) is 0 Å². The minimum Gasteiger partial charge on any atom is -0.478 e. The van der Waals surface area contributed by atoms with Crippen molar-refractivity contribution in [2.75, 3.05) is 6.61 Å². The number of carboxylic acids is 1. The third-order valence-corrected chi connectivity index (χ3v) is 0.628. The number of nitrogens with zero attached hydrogens (tertiary/aromatic N) is 1. The summed E-state index contributed by atoms with van der Waals surface area (Å²) in [5.74, 6) is -1.34. The summed E-state index contributed by atoms with van der Waals surface area (Å²) in [4.78, 5) is 19.3. The molecule has 0 fully saturated rings. The molecule has 14 heavy (non-hydrogen) atoms. The molecule has 0 saturated heterocycles. The molecule has 0 radical (unpaired) electrons. The zero-order valence-electron chi connectivity index (χ0n) is 7.97. The molecule has 1 N–H and O–H groups in total. The van der Waals surface area contributed by atoms with Crippen LogP contribution in [0, 0.1) is 11.8 Å². The van der Waals surface area contributed by atoms with Crippen LogP contribution in [0.5, 0.6) is 0 Å². The molecule has 0 aromatic carbocycles. The van der Waals surface area contributed by atoms with Gasteiger partial charge in [-0.05, 0) is 6.92 Å². The summed E-state index contributed by atoms with van der Waals surface area (Å²) >= 11 is 0. The predicted octanol–water partition coefficient (Wildman–Crippen LogP) is 1.13. The molecular formula is C9H13NO4. The Labute approximate surface area is 82.9 Å². The van der Waals surface area contributed by atoms with Gasteiger partial charge in [-0.15, -0.1) is 0 Å². The van der Waals surface area contributed by atoms with E-state index in [1.54, 1.807) is 6.92 Å². The first-order chi connectivity index (χ1) is 6.58. The van der Waals surface area contributed by atoms with Gasteiger partial charge in [-0.3, -0.25) is 0 Å². The van der Waals surface area contributed by atoms with E-state index in [-0.39, 0.29) is 5.97 Å². The molecule has 0 aliphatic rings. The molecule has 0 unspecified atom stereocenters. The highest BCUT2D eigenvalue weighted by molar-refractivity contribution is 5.81. The molecule has 0 amide bonds. The number of ether oxygens (including phenoxy) is 1. The maximum atomic E-state index is 10.1. The van der Waals surface area contributed by atoms with E-state index in [1.165, 1.54) is 0 Å². The molecule has 0 saturated carbocycles. The second-order valence-corrected chi connectivity index (χ2v) is 1.50. The van der Waals surface area contributed by atoms with E-state index in [2.05, 4.69) is 24.5 Å². The third-order valence-electron chi connectivity index (χ3n) is 0.628. The van der Waals surface area contributed by atoms with E-state index in [0.717, 1.165) is 12.2 Å². The second kappa shape index (κ2) is 17.1. The number of esters is 1. The molecule has 5 heteroatoms. The Morgan fingerprint density at radius 3 is 1.86 bits per heavy atom. The molecule has 78 valence electrons. The van der Waals surface area contributed by atoms with Crippen LogP contribution in [0.1, 0.15) is 6.92 Å². The summed E-state index contributed by atoms with van der Waals surface area (Å²) in [7, 11) is 0. The number of carbonyl (C=O) groups excluding carboxylic acids is 1. The van der Waals surface area contributed by atoms with E-state index in [1.807, 2.05) is 0 Å². The Bertz CT molecular complexity index is 208. The molecule has 0 bridgehead atoms. The largest absolute Gasteiger partial charge is 0.478 e. The fourth-order valence-electron chi connectivity index (χ4n) is 0.201. The number of hydrogen-bond donors (Lipinski definition) is 1. The standard InChI is InChI=1S/C5H8O2.C3H4O2.CHN/c1-3-5(6)7-4-2;1-2-3(4)5;1-2/h3H,1,4H2,2H3;2H,1H2,(H,4,5);1H. The SMILES string of the molecule is C#N.C=CC(=O)O.C=CC(=O)OCC. The molecule has 0 heterocycles. The maximum Gasteiger partial charge on any atom is 0.330 e. The molecule has 0 aromatic rings. The number of rotatable bonds is 3. The topological polar surface area (TPSA) is 87.4 Å². The Morgan fingerprint density at radius 1 is 1.43 bits per heavy atom. The van der Waals surface area contributed by atoms with Crippen molar-refractivity contribution in [2.24, 2.45) is 0 Å². The van der Waals surface area contributed by atoms with Gasteiger partial charge in [-0.1, -0.05) is 13.2 Å². The first-order valence-electron chi connectivity index (χ1n) is 3.48. The average molecular weight is 199 g/mol. The highest BCUT2D eigenvalue weighted by atomic mass is 16.5. The van der Waals surface area contributed by atoms with Crippen molar-refractivity contribution in [2.45, 2.75) is 6.92 Å². The Morgan fingerprint density at radius 2 is 1.79 bits per heavy atom. The third kappa shape index (κ3) is 32.6. The zero-order valence-corrected chi connectivity index (χ0v) is 7.97. The van der Waals surface area contributed by atoms with Gasteiger partial charge < -0.3 is 9.84 Å². The lowest BCUT2D eigenvalue weighted by atomic mass is 10.6. The summed E-state index contributed by atoms with van der Waals surface area (Å²) in [5, 5.41) is 14.1. The van der Waals surface area contributed by atoms with Gasteiger partial charge in [-0.25, -0.2) is 14.9 Å². The molecule has 0 rings (SSSR count). The number of carbonyl (C=O) groups is 2. The Hall–Kier alpha value is -2.09. The van der Waals surface area contributed by atoms with Gasteiger partial charge in [0.2, 0.25) is 0 Å². The minimum atomic E-state index is -0.981. The summed E-state index contributed by atoms with van der Waals surface area (Å²) in [6.45, 7) is 11.8. The predicted molar refractivity (Wildman–Crippen MR) is 51.3 cm³/mol. The molecule has 5 nitrogen and oxygen atoms in total. The maximum absolute atomic E-state index is 10.1. The lowest BCUT2D eigenvalue weighted by molar-refractivity contribution is -0.137. The van der Waals surface area contributed by atoms with Crippen LogP contribution >= 0.6 is 0 Å². The van der Waals surface area contributed by atoms with Gasteiger partial charge in [0.1, 0.15) is 0 Å². The highest BCUT2D eigenvalue weighted by Crippen LogP contribution is 1.74. The van der Waals surface area contributed by atoms with Crippen molar-refractivity contribution in [1.82, 2.24) is 0 Å². The lowest BCUT2D eigenvalue weighted by Gasteiger charge is -1.90. The Kier molecular flexibility index (Phi) is 21.8. The number of aliphatic carboxylic acids is 1. The highest BCUT2D eigenvalue weighted by Gasteiger charge is 1.86. The lowest BCUT2D eigenvalue weighted by Crippen LogP contribution is -1.97. The second-order valence-electron chi connectivity index (χ2n) is 1.50. The molecule has 0 aliphatic carbocycles. The minimum absolute atomic E-state index is 0.359. The number of nitriles is 1. The van der Waals surface area contributed by atoms with Crippen LogP contribution in [0.3, 0.4) is 0 Å². The van der Waals surface area contributed by atoms with Gasteiger partial charge in [0.25, 0.3) is 0 Å². The zero-order chi connectivity index (χ0) is 12.0. The van der Waals surface area contributed by atoms with Crippen LogP contribution in [-0.4, -0.2) is 23.7 Å². The first kappa shape index (κ1) is 17.9. The summed E-state index contributed by atoms with van der Waals surface area (Å²) in [6, 6.07) is 0. The molecule has 0 spiro atoms. The van der Waals surface area contributed by atoms with Crippen molar-refractivity contribution >= 4 is 11.9 Å². The molecular weight excluding hydrogens is 186 g/mol. The van der Waals surface area contributed by atoms with Crippen LogP contribution in [-0.2, 0) is 14.3 Å². The fourth-order valence-corrected chi connectivity index (χ4v) is 0.201. The van der Waals surface area contributed by atoms with Crippen LogP contribution in [0.15, 0.2) is 25.3 Å². The number of hydrogen-bond acceptors (Lipinski definition) is 4. The summed E-state index contributed by atoms with van der Waals surface area (Å²) in [5.41, 5.74) is 0. The summed E-state index contributed by atoms with van der Waals surface area (Å²) in [6.07, 6.45) is 1.98. The van der Waals surface area contributed by atoms with Crippen molar-refractivity contribution in [3.05, 3.63) is 25.3 Å². The molecule has 0 atom stereocenters. The van der Waals surface area contributed by atoms with Crippen molar-refractivity contribution in [1.29, 1.82) is 5.26 Å². The van der Waals surface area contributed by atoms with Crippen LogP contribution in [0.2, 0.25) is 0 Å². The molecule has 0 aromatic heterocycles. The van der Waals surface area contributed by atoms with Crippen molar-refractivity contribution in [3.8, 4) is 6.57 Å².